The van der Waals surface area contributed by atoms with Gasteiger partial charge in [-0.25, -0.2) is 4.79 Å². The van der Waals surface area contributed by atoms with E-state index in [-0.39, 0.29) is 11.5 Å². The van der Waals surface area contributed by atoms with Crippen LogP contribution in [-0.4, -0.2) is 79.0 Å². The monoisotopic (exact) mass is 412 g/mol. The largest absolute Gasteiger partial charge is 0.481 e. The molecule has 7 nitrogen and oxygen atoms in total. The molecule has 1 aliphatic carbocycles. The summed E-state index contributed by atoms with van der Waals surface area (Å²) in [6.07, 6.45) is 4.96. The number of hydrogen-bond donors (Lipinski definition) is 1. The van der Waals surface area contributed by atoms with E-state index < -0.39 is 17.0 Å². The number of carboxylic acids is 1. The molecule has 1 N–H and O–H groups in total. The molecule has 2 aliphatic rings. The first-order valence-electron chi connectivity index (χ1n) is 11.0. The molecule has 0 atom stereocenters. The summed E-state index contributed by atoms with van der Waals surface area (Å²) in [4.78, 5) is 28.6. The Kier molecular flexibility index (Phi) is 7.96. The number of carbonyl (C=O) groups excluding carboxylic acids is 1. The van der Waals surface area contributed by atoms with Crippen LogP contribution in [0.1, 0.15) is 66.2 Å². The van der Waals surface area contributed by atoms with Crippen LogP contribution in [0.5, 0.6) is 0 Å². The summed E-state index contributed by atoms with van der Waals surface area (Å²) in [6, 6.07) is 0. The predicted octanol–water partition coefficient (Wildman–Crippen LogP) is 3.62. The highest BCUT2D eigenvalue weighted by Gasteiger charge is 2.47. The average Bonchev–Trinajstić information content (AvgIpc) is 2.58. The maximum Gasteiger partial charge on any atom is 0.410 e. The number of rotatable bonds is 9. The molecule has 29 heavy (non-hydrogen) atoms. The average molecular weight is 413 g/mol. The van der Waals surface area contributed by atoms with E-state index in [1.807, 2.05) is 25.7 Å². The molecular formula is C22H40N2O5. The topological polar surface area (TPSA) is 79.3 Å². The van der Waals surface area contributed by atoms with Gasteiger partial charge in [0.25, 0.3) is 0 Å². The second kappa shape index (κ2) is 9.65. The second-order valence-electron chi connectivity index (χ2n) is 10.1. The summed E-state index contributed by atoms with van der Waals surface area (Å²) >= 11 is 0. The van der Waals surface area contributed by atoms with Crippen LogP contribution in [0.2, 0.25) is 0 Å². The summed E-state index contributed by atoms with van der Waals surface area (Å²) in [7, 11) is 1.71. The van der Waals surface area contributed by atoms with Crippen LogP contribution in [0.25, 0.3) is 0 Å². The van der Waals surface area contributed by atoms with Crippen molar-refractivity contribution in [3.05, 3.63) is 0 Å². The van der Waals surface area contributed by atoms with Crippen LogP contribution in [-0.2, 0) is 14.3 Å². The molecule has 0 spiro atoms. The number of methoxy groups -OCH3 is 1. The van der Waals surface area contributed by atoms with Gasteiger partial charge >= 0.3 is 12.1 Å². The Morgan fingerprint density at radius 2 is 1.76 bits per heavy atom. The summed E-state index contributed by atoms with van der Waals surface area (Å²) in [6.45, 7) is 11.9. The van der Waals surface area contributed by atoms with Gasteiger partial charge in [0.2, 0.25) is 0 Å². The first-order valence-corrected chi connectivity index (χ1v) is 11.0. The fourth-order valence-corrected chi connectivity index (χ4v) is 4.55. The first kappa shape index (κ1) is 23.9. The molecule has 0 aromatic rings. The molecule has 168 valence electrons. The normalized spacial score (nSPS) is 21.3. The molecule has 0 radical (unpaired) electrons. The number of likely N-dealkylation sites (tertiary alicyclic amines) is 1. The molecule has 2 rings (SSSR count). The third-order valence-corrected chi connectivity index (χ3v) is 6.33. The van der Waals surface area contributed by atoms with Gasteiger partial charge in [0.15, 0.2) is 0 Å². The Labute approximate surface area is 175 Å². The zero-order valence-electron chi connectivity index (χ0n) is 19.0. The van der Waals surface area contributed by atoms with E-state index in [9.17, 15) is 14.7 Å². The van der Waals surface area contributed by atoms with E-state index in [0.29, 0.717) is 26.2 Å². The zero-order valence-corrected chi connectivity index (χ0v) is 19.0. The Balaban J connectivity index is 2.02. The van der Waals surface area contributed by atoms with E-state index in [2.05, 4.69) is 11.8 Å². The van der Waals surface area contributed by atoms with Crippen LogP contribution in [0, 0.1) is 10.8 Å². The highest BCUT2D eigenvalue weighted by molar-refractivity contribution is 5.76. The first-order chi connectivity index (χ1) is 13.5. The third-order valence-electron chi connectivity index (χ3n) is 6.33. The van der Waals surface area contributed by atoms with Gasteiger partial charge in [-0.05, 0) is 66.0 Å². The maximum absolute atomic E-state index is 12.7. The van der Waals surface area contributed by atoms with Crippen molar-refractivity contribution in [1.82, 2.24) is 9.80 Å². The van der Waals surface area contributed by atoms with Crippen molar-refractivity contribution in [1.29, 1.82) is 0 Å². The highest BCUT2D eigenvalue weighted by Crippen LogP contribution is 2.43. The minimum atomic E-state index is -0.656. The van der Waals surface area contributed by atoms with E-state index in [4.69, 9.17) is 9.47 Å². The summed E-state index contributed by atoms with van der Waals surface area (Å²) in [5.74, 6) is -0.656. The maximum atomic E-state index is 12.7. The van der Waals surface area contributed by atoms with Crippen LogP contribution in [0.15, 0.2) is 0 Å². The Bertz CT molecular complexity index is 560. The van der Waals surface area contributed by atoms with Gasteiger partial charge in [-0.2, -0.15) is 0 Å². The fourth-order valence-electron chi connectivity index (χ4n) is 4.55. The Morgan fingerprint density at radius 1 is 1.14 bits per heavy atom. The van der Waals surface area contributed by atoms with Gasteiger partial charge in [0.1, 0.15) is 5.60 Å². The molecule has 1 heterocycles. The van der Waals surface area contributed by atoms with Crippen LogP contribution < -0.4 is 0 Å². The third kappa shape index (κ3) is 6.32. The van der Waals surface area contributed by atoms with Gasteiger partial charge < -0.3 is 24.4 Å². The van der Waals surface area contributed by atoms with Gasteiger partial charge in [-0.3, -0.25) is 4.79 Å². The molecular weight excluding hydrogens is 372 g/mol. The summed E-state index contributed by atoms with van der Waals surface area (Å²) < 4.78 is 11.2. The van der Waals surface area contributed by atoms with Crippen molar-refractivity contribution in [2.45, 2.75) is 71.8 Å². The molecule has 1 saturated carbocycles. The van der Waals surface area contributed by atoms with E-state index in [1.54, 1.807) is 7.11 Å². The van der Waals surface area contributed by atoms with Crippen molar-refractivity contribution >= 4 is 12.1 Å². The molecule has 0 bridgehead atoms. The van der Waals surface area contributed by atoms with Gasteiger partial charge in [-0.15, -0.1) is 0 Å². The van der Waals surface area contributed by atoms with E-state index in [0.717, 1.165) is 51.6 Å². The van der Waals surface area contributed by atoms with E-state index in [1.165, 1.54) is 0 Å². The van der Waals surface area contributed by atoms with Crippen molar-refractivity contribution in [3.8, 4) is 0 Å². The lowest BCUT2D eigenvalue weighted by molar-refractivity contribution is -0.157. The number of piperidine rings is 1. The number of nitrogens with zero attached hydrogens (tertiary/aromatic N) is 2. The lowest BCUT2D eigenvalue weighted by Gasteiger charge is -2.47. The fraction of sp³-hybridized carbons (Fsp3) is 0.909. The van der Waals surface area contributed by atoms with Crippen LogP contribution in [0.4, 0.5) is 4.79 Å². The number of amides is 1. The molecule has 1 aliphatic heterocycles. The predicted molar refractivity (Wildman–Crippen MR) is 112 cm³/mol. The van der Waals surface area contributed by atoms with Gasteiger partial charge in [-0.1, -0.05) is 13.3 Å². The summed E-state index contributed by atoms with van der Waals surface area (Å²) in [5, 5.41) is 9.63. The van der Waals surface area contributed by atoms with Crippen molar-refractivity contribution in [2.75, 3.05) is 46.4 Å². The zero-order chi connectivity index (χ0) is 21.7. The quantitative estimate of drug-likeness (QED) is 0.623. The number of carbonyl (C=O) groups is 2. The van der Waals surface area contributed by atoms with Crippen molar-refractivity contribution in [3.63, 3.8) is 0 Å². The van der Waals surface area contributed by atoms with Gasteiger partial charge in [0, 0.05) is 32.2 Å². The second-order valence-corrected chi connectivity index (χ2v) is 10.1. The smallest absolute Gasteiger partial charge is 0.410 e. The SMILES string of the molecule is CCCN(CC1(COC)CCN(CC2(C(=O)O)CCC2)CC1)C(=O)OC(C)(C)C. The van der Waals surface area contributed by atoms with E-state index >= 15 is 0 Å². The minimum absolute atomic E-state index is 0.118. The summed E-state index contributed by atoms with van der Waals surface area (Å²) in [5.41, 5.74) is -1.19. The molecule has 1 saturated heterocycles. The molecule has 0 unspecified atom stereocenters. The lowest BCUT2D eigenvalue weighted by Crippen LogP contribution is -2.54. The highest BCUT2D eigenvalue weighted by atomic mass is 16.6. The minimum Gasteiger partial charge on any atom is -0.481 e. The van der Waals surface area contributed by atoms with Crippen LogP contribution >= 0.6 is 0 Å². The van der Waals surface area contributed by atoms with Crippen LogP contribution in [0.3, 0.4) is 0 Å². The molecule has 2 fully saturated rings. The van der Waals surface area contributed by atoms with Crippen molar-refractivity contribution < 1.29 is 24.2 Å². The molecule has 7 heteroatoms. The number of ether oxygens (including phenoxy) is 2. The molecule has 0 aromatic heterocycles. The number of carboxylic acid groups (broad SMARTS) is 1. The Morgan fingerprint density at radius 3 is 2.17 bits per heavy atom. The molecule has 1 amide bonds. The lowest BCUT2D eigenvalue weighted by atomic mass is 9.68. The standard InChI is InChI=1S/C22H40N2O5/c1-6-12-24(19(27)29-20(2,3)4)15-21(17-28-5)10-13-23(14-11-21)16-22(18(25)26)8-7-9-22/h6-17H2,1-5H3,(H,25,26). The number of aliphatic carboxylic acids is 1. The molecule has 0 aromatic carbocycles. The van der Waals surface area contributed by atoms with Crippen molar-refractivity contribution in [2.24, 2.45) is 10.8 Å². The van der Waals surface area contributed by atoms with Gasteiger partial charge in [0.05, 0.1) is 12.0 Å². The number of hydrogen-bond acceptors (Lipinski definition) is 5. The Hall–Kier alpha value is -1.34.